The second-order valence-electron chi connectivity index (χ2n) is 3.49. The van der Waals surface area contributed by atoms with Crippen LogP contribution < -0.4 is 0 Å². The maximum atomic E-state index is 12.7. The molecular weight excluding hydrogens is 207 g/mol. The predicted octanol–water partition coefficient (Wildman–Crippen LogP) is 3.41. The van der Waals surface area contributed by atoms with E-state index in [1.807, 2.05) is 0 Å². The molecule has 0 spiro atoms. The van der Waals surface area contributed by atoms with Crippen molar-refractivity contribution in [2.75, 3.05) is 0 Å². The lowest BCUT2D eigenvalue weighted by Crippen LogP contribution is -1.85. The average Bonchev–Trinajstić information content (AvgIpc) is 2.70. The summed E-state index contributed by atoms with van der Waals surface area (Å²) in [4.78, 5) is 0. The van der Waals surface area contributed by atoms with Crippen molar-refractivity contribution in [3.8, 4) is 0 Å². The first-order valence-electron chi connectivity index (χ1n) is 4.84. The van der Waals surface area contributed by atoms with E-state index < -0.39 is 0 Å². The number of hydrogen-bond acceptors (Lipinski definition) is 1. The molecular formula is C13H10FO2. The molecule has 0 N–H and O–H groups in total. The molecule has 0 aliphatic carbocycles. The summed E-state index contributed by atoms with van der Waals surface area (Å²) in [6, 6.07) is 9.47. The Hall–Kier alpha value is -2.03. The summed E-state index contributed by atoms with van der Waals surface area (Å²) >= 11 is 0. The van der Waals surface area contributed by atoms with Crippen LogP contribution in [-0.2, 0) is 11.5 Å². The van der Waals surface area contributed by atoms with Crippen LogP contribution in [0.3, 0.4) is 0 Å². The zero-order chi connectivity index (χ0) is 11.5. The highest BCUT2D eigenvalue weighted by molar-refractivity contribution is 5.49. The summed E-state index contributed by atoms with van der Waals surface area (Å²) in [7, 11) is 0. The van der Waals surface area contributed by atoms with Crippen LogP contribution in [0, 0.1) is 5.82 Å². The molecule has 1 aromatic heterocycles. The molecule has 16 heavy (non-hydrogen) atoms. The second kappa shape index (κ2) is 4.23. The van der Waals surface area contributed by atoms with Crippen LogP contribution >= 0.6 is 0 Å². The highest BCUT2D eigenvalue weighted by Gasteiger charge is 2.06. The first kappa shape index (κ1) is 10.5. The van der Waals surface area contributed by atoms with Crippen molar-refractivity contribution in [3.05, 3.63) is 65.9 Å². The van der Waals surface area contributed by atoms with Crippen LogP contribution in [-0.4, -0.2) is 0 Å². The fraction of sp³-hybridized carbons (Fsp3) is 0.0769. The van der Waals surface area contributed by atoms with E-state index in [4.69, 9.17) is 4.42 Å². The quantitative estimate of drug-likeness (QED) is 0.725. The summed E-state index contributed by atoms with van der Waals surface area (Å²) in [5, 5.41) is 10.9. The van der Waals surface area contributed by atoms with Gasteiger partial charge in [-0.25, -0.2) is 4.39 Å². The van der Waals surface area contributed by atoms with Gasteiger partial charge in [-0.1, -0.05) is 12.1 Å². The SMILES string of the molecule is C=C([O])c1ccc(Cc2ccc(F)cc2)o1. The summed E-state index contributed by atoms with van der Waals surface area (Å²) < 4.78 is 17.9. The highest BCUT2D eigenvalue weighted by atomic mass is 19.1. The van der Waals surface area contributed by atoms with E-state index in [1.54, 1.807) is 24.3 Å². The zero-order valence-corrected chi connectivity index (χ0v) is 8.57. The Balaban J connectivity index is 2.14. The van der Waals surface area contributed by atoms with Gasteiger partial charge >= 0.3 is 0 Å². The predicted molar refractivity (Wildman–Crippen MR) is 57.6 cm³/mol. The molecule has 81 valence electrons. The van der Waals surface area contributed by atoms with Crippen LogP contribution in [0.4, 0.5) is 4.39 Å². The minimum Gasteiger partial charge on any atom is -0.457 e. The molecule has 0 unspecified atom stereocenters. The minimum atomic E-state index is -0.342. The van der Waals surface area contributed by atoms with Crippen molar-refractivity contribution in [2.24, 2.45) is 0 Å². The number of rotatable bonds is 3. The largest absolute Gasteiger partial charge is 0.457 e. The molecule has 0 amide bonds. The van der Waals surface area contributed by atoms with E-state index in [1.165, 1.54) is 12.1 Å². The third-order valence-electron chi connectivity index (χ3n) is 2.23. The van der Waals surface area contributed by atoms with Crippen molar-refractivity contribution in [3.63, 3.8) is 0 Å². The number of halogens is 1. The maximum absolute atomic E-state index is 12.7. The molecule has 0 atom stereocenters. The molecule has 0 aliphatic rings. The van der Waals surface area contributed by atoms with Crippen molar-refractivity contribution >= 4 is 5.76 Å². The van der Waals surface area contributed by atoms with Gasteiger partial charge in [0.1, 0.15) is 11.6 Å². The van der Waals surface area contributed by atoms with Gasteiger partial charge in [0.15, 0.2) is 5.76 Å². The molecule has 3 heteroatoms. The first-order valence-corrected chi connectivity index (χ1v) is 4.84. The van der Waals surface area contributed by atoms with Crippen LogP contribution in [0.5, 0.6) is 0 Å². The molecule has 0 saturated carbocycles. The van der Waals surface area contributed by atoms with Crippen LogP contribution in [0.25, 0.3) is 5.76 Å². The molecule has 0 fully saturated rings. The molecule has 2 rings (SSSR count). The Morgan fingerprint density at radius 2 is 1.88 bits per heavy atom. The van der Waals surface area contributed by atoms with Gasteiger partial charge in [0.2, 0.25) is 5.76 Å². The minimum absolute atomic E-state index is 0.247. The molecule has 1 radical (unpaired) electrons. The summed E-state index contributed by atoms with van der Waals surface area (Å²) in [6.45, 7) is 3.26. The lowest BCUT2D eigenvalue weighted by Gasteiger charge is -1.97. The standard InChI is InChI=1S/C13H10FO2/c1-9(15)13-7-6-12(16-13)8-10-2-4-11(14)5-3-10/h2-7H,1,8H2. The highest BCUT2D eigenvalue weighted by Crippen LogP contribution is 2.17. The normalized spacial score (nSPS) is 10.3. The van der Waals surface area contributed by atoms with Gasteiger partial charge in [0, 0.05) is 6.42 Å². The van der Waals surface area contributed by atoms with Gasteiger partial charge in [-0.05, 0) is 36.4 Å². The molecule has 0 saturated heterocycles. The topological polar surface area (TPSA) is 33.0 Å². The first-order chi connectivity index (χ1) is 7.65. The third-order valence-corrected chi connectivity index (χ3v) is 2.23. The molecule has 2 nitrogen and oxygen atoms in total. The zero-order valence-electron chi connectivity index (χ0n) is 8.57. The van der Waals surface area contributed by atoms with E-state index in [2.05, 4.69) is 6.58 Å². The average molecular weight is 217 g/mol. The van der Waals surface area contributed by atoms with E-state index in [-0.39, 0.29) is 17.3 Å². The molecule has 0 aliphatic heterocycles. The third kappa shape index (κ3) is 2.31. The summed E-state index contributed by atoms with van der Waals surface area (Å²) in [5.74, 6) is 0.304. The smallest absolute Gasteiger partial charge is 0.213 e. The molecule has 1 heterocycles. The molecule has 1 aromatic carbocycles. The van der Waals surface area contributed by atoms with Gasteiger partial charge in [0.25, 0.3) is 0 Å². The Morgan fingerprint density at radius 1 is 1.19 bits per heavy atom. The van der Waals surface area contributed by atoms with Crippen LogP contribution in [0.15, 0.2) is 47.4 Å². The molecule has 0 bridgehead atoms. The van der Waals surface area contributed by atoms with Crippen molar-refractivity contribution in [1.82, 2.24) is 0 Å². The number of hydrogen-bond donors (Lipinski definition) is 0. The van der Waals surface area contributed by atoms with Gasteiger partial charge in [0.05, 0.1) is 0 Å². The van der Waals surface area contributed by atoms with Crippen molar-refractivity contribution < 1.29 is 13.9 Å². The van der Waals surface area contributed by atoms with Gasteiger partial charge in [-0.15, -0.1) is 0 Å². The van der Waals surface area contributed by atoms with Crippen molar-refractivity contribution in [1.29, 1.82) is 0 Å². The maximum Gasteiger partial charge on any atom is 0.213 e. The second-order valence-corrected chi connectivity index (χ2v) is 3.49. The Labute approximate surface area is 92.6 Å². The van der Waals surface area contributed by atoms with E-state index in [0.29, 0.717) is 12.2 Å². The van der Waals surface area contributed by atoms with E-state index in [0.717, 1.165) is 5.56 Å². The van der Waals surface area contributed by atoms with Gasteiger partial charge in [-0.3, -0.25) is 5.11 Å². The van der Waals surface area contributed by atoms with Crippen LogP contribution in [0.2, 0.25) is 0 Å². The molecule has 2 aromatic rings. The Morgan fingerprint density at radius 3 is 2.44 bits per heavy atom. The monoisotopic (exact) mass is 217 g/mol. The number of benzene rings is 1. The Bertz CT molecular complexity index is 497. The number of furan rings is 1. The van der Waals surface area contributed by atoms with E-state index >= 15 is 0 Å². The summed E-state index contributed by atoms with van der Waals surface area (Å²) in [5.41, 5.74) is 0.929. The van der Waals surface area contributed by atoms with Crippen molar-refractivity contribution in [2.45, 2.75) is 6.42 Å². The fourth-order valence-electron chi connectivity index (χ4n) is 1.43. The van der Waals surface area contributed by atoms with Gasteiger partial charge in [-0.2, -0.15) is 0 Å². The fourth-order valence-corrected chi connectivity index (χ4v) is 1.43. The Kier molecular flexibility index (Phi) is 2.77. The summed E-state index contributed by atoms with van der Waals surface area (Å²) in [6.07, 6.45) is 0.535. The van der Waals surface area contributed by atoms with E-state index in [9.17, 15) is 9.50 Å². The lowest BCUT2D eigenvalue weighted by atomic mass is 10.1. The van der Waals surface area contributed by atoms with Crippen LogP contribution in [0.1, 0.15) is 17.1 Å². The lowest BCUT2D eigenvalue weighted by molar-refractivity contribution is 0.363. The van der Waals surface area contributed by atoms with Gasteiger partial charge < -0.3 is 4.42 Å².